The van der Waals surface area contributed by atoms with Gasteiger partial charge in [0.1, 0.15) is 0 Å². The molecule has 102 valence electrons. The highest BCUT2D eigenvalue weighted by Crippen LogP contribution is 2.16. The van der Waals surface area contributed by atoms with Crippen molar-refractivity contribution in [2.45, 2.75) is 19.3 Å². The van der Waals surface area contributed by atoms with Gasteiger partial charge in [-0.15, -0.1) is 0 Å². The number of rotatable bonds is 6. The van der Waals surface area contributed by atoms with Gasteiger partial charge in [-0.1, -0.05) is 42.5 Å². The molecule has 0 saturated heterocycles. The van der Waals surface area contributed by atoms with Crippen LogP contribution >= 0.6 is 0 Å². The molecule has 0 aromatic heterocycles. The molecule has 2 aromatic carbocycles. The lowest BCUT2D eigenvalue weighted by Gasteiger charge is -1.99. The summed E-state index contributed by atoms with van der Waals surface area (Å²) in [6, 6.07) is 14.0. The standard InChI is InChI=1S/C17H16O3/c18-16(6-3-7-17(19)20)11-9-13-8-10-14-4-1-2-5-15(14)12-13/h1-2,4-5,8-12H,3,6-7H2,(H,19,20)/b11-9+. The minimum atomic E-state index is -0.865. The topological polar surface area (TPSA) is 54.4 Å². The number of benzene rings is 2. The molecule has 0 aliphatic rings. The smallest absolute Gasteiger partial charge is 0.303 e. The fourth-order valence-corrected chi connectivity index (χ4v) is 2.00. The van der Waals surface area contributed by atoms with Crippen molar-refractivity contribution in [3.8, 4) is 0 Å². The number of carboxylic acid groups (broad SMARTS) is 1. The predicted octanol–water partition coefficient (Wildman–Crippen LogP) is 3.68. The van der Waals surface area contributed by atoms with Gasteiger partial charge in [0.2, 0.25) is 0 Å². The number of hydrogen-bond acceptors (Lipinski definition) is 2. The SMILES string of the molecule is O=C(O)CCCC(=O)/C=C/c1ccc2ccccc2c1. The number of carbonyl (C=O) groups is 2. The van der Waals surface area contributed by atoms with Gasteiger partial charge in [0.15, 0.2) is 5.78 Å². The van der Waals surface area contributed by atoms with E-state index in [1.54, 1.807) is 6.08 Å². The minimum absolute atomic E-state index is 0.0373. The van der Waals surface area contributed by atoms with Crippen molar-refractivity contribution in [1.82, 2.24) is 0 Å². The molecule has 3 heteroatoms. The number of hydrogen-bond donors (Lipinski definition) is 1. The zero-order chi connectivity index (χ0) is 14.4. The number of carboxylic acids is 1. The molecule has 0 aliphatic carbocycles. The summed E-state index contributed by atoms with van der Waals surface area (Å²) >= 11 is 0. The maximum absolute atomic E-state index is 11.6. The third-order valence-corrected chi connectivity index (χ3v) is 3.05. The summed E-state index contributed by atoms with van der Waals surface area (Å²) in [7, 11) is 0. The highest BCUT2D eigenvalue weighted by Gasteiger charge is 2.01. The number of ketones is 1. The van der Waals surface area contributed by atoms with Crippen LogP contribution in [0, 0.1) is 0 Å². The van der Waals surface area contributed by atoms with Gasteiger partial charge in [0.05, 0.1) is 0 Å². The number of allylic oxidation sites excluding steroid dienone is 1. The second-order valence-corrected chi connectivity index (χ2v) is 4.65. The van der Waals surface area contributed by atoms with E-state index >= 15 is 0 Å². The summed E-state index contributed by atoms with van der Waals surface area (Å²) in [4.78, 5) is 21.9. The minimum Gasteiger partial charge on any atom is -0.481 e. The monoisotopic (exact) mass is 268 g/mol. The van der Waals surface area contributed by atoms with Crippen molar-refractivity contribution in [2.24, 2.45) is 0 Å². The van der Waals surface area contributed by atoms with E-state index in [0.29, 0.717) is 6.42 Å². The van der Waals surface area contributed by atoms with Crippen LogP contribution in [0.15, 0.2) is 48.5 Å². The van der Waals surface area contributed by atoms with Crippen LogP contribution in [0.5, 0.6) is 0 Å². The average Bonchev–Trinajstić information content (AvgIpc) is 2.44. The van der Waals surface area contributed by atoms with Gasteiger partial charge < -0.3 is 5.11 Å². The second-order valence-electron chi connectivity index (χ2n) is 4.65. The molecule has 0 atom stereocenters. The molecular formula is C17H16O3. The lowest BCUT2D eigenvalue weighted by atomic mass is 10.1. The van der Waals surface area contributed by atoms with Gasteiger partial charge in [-0.2, -0.15) is 0 Å². The molecule has 0 saturated carbocycles. The Labute approximate surface area is 117 Å². The first-order valence-electron chi connectivity index (χ1n) is 6.57. The fraction of sp³-hybridized carbons (Fsp3) is 0.176. The lowest BCUT2D eigenvalue weighted by molar-refractivity contribution is -0.137. The maximum atomic E-state index is 11.6. The molecule has 0 unspecified atom stereocenters. The Kier molecular flexibility index (Phi) is 4.66. The van der Waals surface area contributed by atoms with Crippen LogP contribution < -0.4 is 0 Å². The van der Waals surface area contributed by atoms with Gasteiger partial charge in [-0.05, 0) is 34.9 Å². The van der Waals surface area contributed by atoms with Gasteiger partial charge in [0.25, 0.3) is 0 Å². The summed E-state index contributed by atoms with van der Waals surface area (Å²) < 4.78 is 0. The molecule has 0 bridgehead atoms. The van der Waals surface area contributed by atoms with E-state index < -0.39 is 5.97 Å². The van der Waals surface area contributed by atoms with Gasteiger partial charge in [-0.25, -0.2) is 0 Å². The van der Waals surface area contributed by atoms with E-state index in [1.165, 1.54) is 6.08 Å². The molecule has 0 radical (unpaired) electrons. The Morgan fingerprint density at radius 1 is 1.00 bits per heavy atom. The summed E-state index contributed by atoms with van der Waals surface area (Å²) in [5.74, 6) is -0.907. The van der Waals surface area contributed by atoms with E-state index in [9.17, 15) is 9.59 Å². The predicted molar refractivity (Wildman–Crippen MR) is 79.5 cm³/mol. The largest absolute Gasteiger partial charge is 0.481 e. The summed E-state index contributed by atoms with van der Waals surface area (Å²) in [6.45, 7) is 0. The van der Waals surface area contributed by atoms with Crippen molar-refractivity contribution >= 4 is 28.6 Å². The van der Waals surface area contributed by atoms with Gasteiger partial charge in [-0.3, -0.25) is 9.59 Å². The Hall–Kier alpha value is -2.42. The van der Waals surface area contributed by atoms with Gasteiger partial charge >= 0.3 is 5.97 Å². The zero-order valence-corrected chi connectivity index (χ0v) is 11.1. The van der Waals surface area contributed by atoms with Crippen molar-refractivity contribution in [2.75, 3.05) is 0 Å². The third kappa shape index (κ3) is 4.05. The van der Waals surface area contributed by atoms with Crippen LogP contribution in [-0.4, -0.2) is 16.9 Å². The normalized spacial score (nSPS) is 11.0. The Bertz CT molecular complexity index is 656. The van der Waals surface area contributed by atoms with Crippen LogP contribution in [0.3, 0.4) is 0 Å². The van der Waals surface area contributed by atoms with Crippen molar-refractivity contribution < 1.29 is 14.7 Å². The summed E-state index contributed by atoms with van der Waals surface area (Å²) in [5.41, 5.74) is 0.968. The Morgan fingerprint density at radius 2 is 1.75 bits per heavy atom. The first kappa shape index (κ1) is 14.0. The molecule has 1 N–H and O–H groups in total. The van der Waals surface area contributed by atoms with Crippen molar-refractivity contribution in [1.29, 1.82) is 0 Å². The van der Waals surface area contributed by atoms with E-state index in [4.69, 9.17) is 5.11 Å². The quantitative estimate of drug-likeness (QED) is 0.813. The maximum Gasteiger partial charge on any atom is 0.303 e. The van der Waals surface area contributed by atoms with Crippen molar-refractivity contribution in [3.05, 3.63) is 54.1 Å². The first-order valence-corrected chi connectivity index (χ1v) is 6.57. The average molecular weight is 268 g/mol. The van der Waals surface area contributed by atoms with Crippen LogP contribution in [-0.2, 0) is 9.59 Å². The first-order chi connectivity index (χ1) is 9.65. The molecule has 20 heavy (non-hydrogen) atoms. The van der Waals surface area contributed by atoms with Crippen molar-refractivity contribution in [3.63, 3.8) is 0 Å². The molecule has 2 rings (SSSR count). The number of carbonyl (C=O) groups excluding carboxylic acids is 1. The molecule has 0 spiro atoms. The third-order valence-electron chi connectivity index (χ3n) is 3.05. The van der Waals surface area contributed by atoms with Crippen LogP contribution in [0.1, 0.15) is 24.8 Å². The lowest BCUT2D eigenvalue weighted by Crippen LogP contribution is -1.98. The molecule has 0 fully saturated rings. The second kappa shape index (κ2) is 6.66. The number of fused-ring (bicyclic) bond motifs is 1. The highest BCUT2D eigenvalue weighted by atomic mass is 16.4. The summed E-state index contributed by atoms with van der Waals surface area (Å²) in [5, 5.41) is 10.8. The molecule has 0 aliphatic heterocycles. The molecular weight excluding hydrogens is 252 g/mol. The van der Waals surface area contributed by atoms with E-state index in [-0.39, 0.29) is 18.6 Å². The summed E-state index contributed by atoms with van der Waals surface area (Å²) in [6.07, 6.45) is 3.99. The zero-order valence-electron chi connectivity index (χ0n) is 11.1. The molecule has 2 aromatic rings. The molecule has 0 heterocycles. The van der Waals surface area contributed by atoms with E-state index in [2.05, 4.69) is 0 Å². The number of aliphatic carboxylic acids is 1. The van der Waals surface area contributed by atoms with Crippen LogP contribution in [0.25, 0.3) is 16.8 Å². The Morgan fingerprint density at radius 3 is 2.50 bits per heavy atom. The van der Waals surface area contributed by atoms with E-state index in [1.807, 2.05) is 42.5 Å². The Balaban J connectivity index is 1.98. The fourth-order valence-electron chi connectivity index (χ4n) is 2.00. The van der Waals surface area contributed by atoms with Gasteiger partial charge in [0, 0.05) is 12.8 Å². The van der Waals surface area contributed by atoms with Crippen LogP contribution in [0.4, 0.5) is 0 Å². The highest BCUT2D eigenvalue weighted by molar-refractivity contribution is 5.94. The molecule has 0 amide bonds. The molecule has 3 nitrogen and oxygen atoms in total. The van der Waals surface area contributed by atoms with Crippen LogP contribution in [0.2, 0.25) is 0 Å². The van der Waals surface area contributed by atoms with E-state index in [0.717, 1.165) is 16.3 Å².